The molecule has 4 rings (SSSR count). The molecule has 1 aromatic heterocycles. The van der Waals surface area contributed by atoms with Gasteiger partial charge in [-0.3, -0.25) is 14.9 Å². The van der Waals surface area contributed by atoms with Crippen LogP contribution in [0.4, 0.5) is 11.4 Å². The van der Waals surface area contributed by atoms with Gasteiger partial charge in [0.15, 0.2) is 5.82 Å². The van der Waals surface area contributed by atoms with Crippen molar-refractivity contribution in [1.82, 2.24) is 14.8 Å². The number of hydrogen-bond acceptors (Lipinski definition) is 5. The van der Waals surface area contributed by atoms with E-state index >= 15 is 0 Å². The average molecular weight is 391 g/mol. The molecule has 0 fully saturated rings. The summed E-state index contributed by atoms with van der Waals surface area (Å²) in [5.41, 5.74) is 2.32. The van der Waals surface area contributed by atoms with E-state index in [0.29, 0.717) is 11.3 Å². The maximum atomic E-state index is 12.4. The highest BCUT2D eigenvalue weighted by molar-refractivity contribution is 5.92. The Balaban J connectivity index is 1.47. The minimum absolute atomic E-state index is 0.00861. The van der Waals surface area contributed by atoms with Gasteiger partial charge in [0.05, 0.1) is 11.3 Å². The second-order valence-electron chi connectivity index (χ2n) is 7.13. The molecule has 0 bridgehead atoms. The predicted octanol–water partition coefficient (Wildman–Crippen LogP) is 3.76. The molecule has 0 aliphatic carbocycles. The van der Waals surface area contributed by atoms with E-state index in [9.17, 15) is 14.9 Å². The number of carbonyl (C=O) groups is 1. The van der Waals surface area contributed by atoms with Gasteiger partial charge in [0.1, 0.15) is 5.82 Å². The third kappa shape index (κ3) is 4.31. The summed E-state index contributed by atoms with van der Waals surface area (Å²) in [5, 5.41) is 22.3. The normalized spacial score (nSPS) is 13.4. The topological polar surface area (TPSA) is 103 Å². The van der Waals surface area contributed by atoms with Gasteiger partial charge in [0, 0.05) is 36.3 Å². The van der Waals surface area contributed by atoms with Gasteiger partial charge >= 0.3 is 0 Å². The van der Waals surface area contributed by atoms with Crippen molar-refractivity contribution in [3.8, 4) is 11.4 Å². The third-order valence-corrected chi connectivity index (χ3v) is 5.03. The van der Waals surface area contributed by atoms with Gasteiger partial charge in [-0.2, -0.15) is 0 Å². The first-order chi connectivity index (χ1) is 14.1. The molecule has 1 N–H and O–H groups in total. The standard InChI is InChI=1S/C21H21N5O3/c27-20(13-15-8-10-18(11-9-15)26(28)29)22-17-6-4-5-16(14-17)21-24-23-19-7-2-1-3-12-25(19)21/h4-6,8-11,14H,1-3,7,12-13H2,(H,22,27). The lowest BCUT2D eigenvalue weighted by Crippen LogP contribution is -2.14. The molecule has 1 aliphatic heterocycles. The Morgan fingerprint density at radius 2 is 1.93 bits per heavy atom. The number of hydrogen-bond donors (Lipinski definition) is 1. The third-order valence-electron chi connectivity index (χ3n) is 5.03. The Labute approximate surface area is 167 Å². The zero-order valence-electron chi connectivity index (χ0n) is 15.9. The summed E-state index contributed by atoms with van der Waals surface area (Å²) in [6.07, 6.45) is 4.53. The van der Waals surface area contributed by atoms with Crippen LogP contribution < -0.4 is 5.32 Å². The number of aryl methyl sites for hydroxylation is 1. The molecular weight excluding hydrogens is 370 g/mol. The van der Waals surface area contributed by atoms with Crippen molar-refractivity contribution in [2.45, 2.75) is 38.6 Å². The molecule has 3 aromatic rings. The first-order valence-corrected chi connectivity index (χ1v) is 9.66. The fourth-order valence-electron chi connectivity index (χ4n) is 3.56. The number of non-ortho nitro benzene ring substituents is 1. The van der Waals surface area contributed by atoms with Crippen LogP contribution in [-0.4, -0.2) is 25.6 Å². The van der Waals surface area contributed by atoms with Crippen LogP contribution in [0.5, 0.6) is 0 Å². The fraction of sp³-hybridized carbons (Fsp3) is 0.286. The average Bonchev–Trinajstić information content (AvgIpc) is 2.97. The number of rotatable bonds is 5. The second-order valence-corrected chi connectivity index (χ2v) is 7.13. The lowest BCUT2D eigenvalue weighted by molar-refractivity contribution is -0.384. The van der Waals surface area contributed by atoms with E-state index in [1.54, 1.807) is 12.1 Å². The Morgan fingerprint density at radius 1 is 1.10 bits per heavy atom. The summed E-state index contributed by atoms with van der Waals surface area (Å²) in [6, 6.07) is 13.6. The van der Waals surface area contributed by atoms with E-state index in [0.717, 1.165) is 43.0 Å². The molecule has 0 radical (unpaired) electrons. The van der Waals surface area contributed by atoms with Crippen LogP contribution in [0.2, 0.25) is 0 Å². The number of nitro benzene ring substituents is 1. The highest BCUT2D eigenvalue weighted by Crippen LogP contribution is 2.25. The van der Waals surface area contributed by atoms with Crippen molar-refractivity contribution < 1.29 is 9.72 Å². The summed E-state index contributed by atoms with van der Waals surface area (Å²) in [4.78, 5) is 22.7. The van der Waals surface area contributed by atoms with Crippen molar-refractivity contribution in [1.29, 1.82) is 0 Å². The first-order valence-electron chi connectivity index (χ1n) is 9.66. The van der Waals surface area contributed by atoms with Crippen LogP contribution in [0, 0.1) is 10.1 Å². The van der Waals surface area contributed by atoms with E-state index in [-0.39, 0.29) is 18.0 Å². The smallest absolute Gasteiger partial charge is 0.269 e. The Kier molecular flexibility index (Phi) is 5.33. The molecule has 1 aliphatic rings. The monoisotopic (exact) mass is 391 g/mol. The van der Waals surface area contributed by atoms with Gasteiger partial charge in [0.25, 0.3) is 5.69 Å². The molecule has 0 spiro atoms. The molecule has 0 saturated carbocycles. The summed E-state index contributed by atoms with van der Waals surface area (Å²) in [5.74, 6) is 1.66. The van der Waals surface area contributed by atoms with Crippen LogP contribution >= 0.6 is 0 Å². The van der Waals surface area contributed by atoms with E-state index in [4.69, 9.17) is 0 Å². The van der Waals surface area contributed by atoms with Gasteiger partial charge < -0.3 is 9.88 Å². The van der Waals surface area contributed by atoms with Gasteiger partial charge in [-0.25, -0.2) is 0 Å². The van der Waals surface area contributed by atoms with Gasteiger partial charge in [0.2, 0.25) is 5.91 Å². The summed E-state index contributed by atoms with van der Waals surface area (Å²) in [7, 11) is 0. The summed E-state index contributed by atoms with van der Waals surface area (Å²) >= 11 is 0. The van der Waals surface area contributed by atoms with Crippen molar-refractivity contribution in [2.75, 3.05) is 5.32 Å². The molecule has 2 heterocycles. The van der Waals surface area contributed by atoms with Crippen LogP contribution in [0.15, 0.2) is 48.5 Å². The number of nitro groups is 1. The van der Waals surface area contributed by atoms with Gasteiger partial charge in [-0.1, -0.05) is 30.7 Å². The van der Waals surface area contributed by atoms with E-state index in [2.05, 4.69) is 20.1 Å². The lowest BCUT2D eigenvalue weighted by atomic mass is 10.1. The second kappa shape index (κ2) is 8.22. The SMILES string of the molecule is O=C(Cc1ccc([N+](=O)[O-])cc1)Nc1cccc(-c2nnc3n2CCCCC3)c1. The number of nitrogens with one attached hydrogen (secondary N) is 1. The van der Waals surface area contributed by atoms with Crippen LogP contribution in [0.3, 0.4) is 0 Å². The maximum absolute atomic E-state index is 12.4. The van der Waals surface area contributed by atoms with E-state index in [1.807, 2.05) is 24.3 Å². The largest absolute Gasteiger partial charge is 0.326 e. The van der Waals surface area contributed by atoms with Crippen molar-refractivity contribution in [2.24, 2.45) is 0 Å². The molecule has 1 amide bonds. The predicted molar refractivity (Wildman–Crippen MR) is 108 cm³/mol. The number of benzene rings is 2. The molecule has 0 saturated heterocycles. The quantitative estimate of drug-likeness (QED) is 0.527. The fourth-order valence-corrected chi connectivity index (χ4v) is 3.56. The van der Waals surface area contributed by atoms with Crippen molar-refractivity contribution in [3.63, 3.8) is 0 Å². The molecule has 8 nitrogen and oxygen atoms in total. The number of anilines is 1. The van der Waals surface area contributed by atoms with Crippen LogP contribution in [0.25, 0.3) is 11.4 Å². The van der Waals surface area contributed by atoms with Crippen molar-refractivity contribution >= 4 is 17.3 Å². The lowest BCUT2D eigenvalue weighted by Gasteiger charge is -2.09. The highest BCUT2D eigenvalue weighted by atomic mass is 16.6. The zero-order chi connectivity index (χ0) is 20.2. The number of aromatic nitrogens is 3. The minimum atomic E-state index is -0.458. The van der Waals surface area contributed by atoms with Crippen molar-refractivity contribution in [3.05, 3.63) is 70.0 Å². The Bertz CT molecular complexity index is 1040. The molecule has 0 unspecified atom stereocenters. The molecule has 2 aromatic carbocycles. The maximum Gasteiger partial charge on any atom is 0.269 e. The Morgan fingerprint density at radius 3 is 2.72 bits per heavy atom. The summed E-state index contributed by atoms with van der Waals surface area (Å²) < 4.78 is 2.17. The molecule has 148 valence electrons. The molecular formula is C21H21N5O3. The summed E-state index contributed by atoms with van der Waals surface area (Å²) in [6.45, 7) is 0.911. The van der Waals surface area contributed by atoms with Gasteiger partial charge in [-0.05, 0) is 30.5 Å². The zero-order valence-corrected chi connectivity index (χ0v) is 15.9. The van der Waals surface area contributed by atoms with Crippen LogP contribution in [-0.2, 0) is 24.2 Å². The first kappa shape index (κ1) is 18.8. The number of fused-ring (bicyclic) bond motifs is 1. The molecule has 0 atom stereocenters. The molecule has 8 heteroatoms. The van der Waals surface area contributed by atoms with Gasteiger partial charge in [-0.15, -0.1) is 10.2 Å². The minimum Gasteiger partial charge on any atom is -0.326 e. The number of amides is 1. The number of carbonyl (C=O) groups excluding carboxylic acids is 1. The molecule has 29 heavy (non-hydrogen) atoms. The Hall–Kier alpha value is -3.55. The van der Waals surface area contributed by atoms with Crippen LogP contribution in [0.1, 0.15) is 30.7 Å². The number of nitrogens with zero attached hydrogens (tertiary/aromatic N) is 4. The van der Waals surface area contributed by atoms with E-state index < -0.39 is 4.92 Å². The highest BCUT2D eigenvalue weighted by Gasteiger charge is 2.16. The van der Waals surface area contributed by atoms with E-state index in [1.165, 1.54) is 18.6 Å².